The number of likely N-dealkylation sites (N-methyl/N-ethyl adjacent to an activating group) is 1. The van der Waals surface area contributed by atoms with Crippen molar-refractivity contribution < 1.29 is 9.47 Å². The maximum Gasteiger partial charge on any atom is 0.0701 e. The number of hydrogen-bond donors (Lipinski definition) is 1. The standard InChI is InChI=1S/C13H29NO2/c1-5-14-13(8-6-7-12(2)3)11-16-10-9-15-4/h12-14H,5-11H2,1-4H3. The smallest absolute Gasteiger partial charge is 0.0701 e. The Morgan fingerprint density at radius 3 is 2.44 bits per heavy atom. The summed E-state index contributed by atoms with van der Waals surface area (Å²) in [7, 11) is 1.70. The molecule has 0 aliphatic carbocycles. The molecular weight excluding hydrogens is 202 g/mol. The summed E-state index contributed by atoms with van der Waals surface area (Å²) in [5.74, 6) is 0.802. The molecule has 0 aliphatic heterocycles. The Balaban J connectivity index is 3.53. The van der Waals surface area contributed by atoms with Gasteiger partial charge >= 0.3 is 0 Å². The first-order valence-corrected chi connectivity index (χ1v) is 6.50. The Hall–Kier alpha value is -0.120. The van der Waals surface area contributed by atoms with Gasteiger partial charge in [-0.3, -0.25) is 0 Å². The van der Waals surface area contributed by atoms with Gasteiger partial charge in [0, 0.05) is 13.2 Å². The molecule has 0 rings (SSSR count). The molecule has 0 saturated carbocycles. The van der Waals surface area contributed by atoms with Crippen molar-refractivity contribution in [1.29, 1.82) is 0 Å². The lowest BCUT2D eigenvalue weighted by Crippen LogP contribution is -2.33. The van der Waals surface area contributed by atoms with E-state index in [-0.39, 0.29) is 0 Å². The van der Waals surface area contributed by atoms with E-state index in [4.69, 9.17) is 9.47 Å². The highest BCUT2D eigenvalue weighted by atomic mass is 16.5. The molecule has 3 heteroatoms. The average molecular weight is 231 g/mol. The molecule has 0 bridgehead atoms. The minimum Gasteiger partial charge on any atom is -0.382 e. The predicted molar refractivity (Wildman–Crippen MR) is 68.8 cm³/mol. The van der Waals surface area contributed by atoms with Crippen molar-refractivity contribution in [2.24, 2.45) is 5.92 Å². The van der Waals surface area contributed by atoms with Crippen molar-refractivity contribution in [3.8, 4) is 0 Å². The monoisotopic (exact) mass is 231 g/mol. The zero-order valence-electron chi connectivity index (χ0n) is 11.4. The first-order valence-electron chi connectivity index (χ1n) is 6.50. The minimum atomic E-state index is 0.501. The van der Waals surface area contributed by atoms with Crippen LogP contribution in [0.25, 0.3) is 0 Å². The van der Waals surface area contributed by atoms with Gasteiger partial charge in [-0.2, -0.15) is 0 Å². The molecule has 16 heavy (non-hydrogen) atoms. The second-order valence-electron chi connectivity index (χ2n) is 4.65. The summed E-state index contributed by atoms with van der Waals surface area (Å²) in [6, 6.07) is 0.501. The van der Waals surface area contributed by atoms with Gasteiger partial charge in [-0.25, -0.2) is 0 Å². The predicted octanol–water partition coefficient (Wildman–Crippen LogP) is 2.45. The van der Waals surface area contributed by atoms with Crippen molar-refractivity contribution in [2.45, 2.75) is 46.1 Å². The summed E-state index contributed by atoms with van der Waals surface area (Å²) in [5, 5.41) is 3.47. The van der Waals surface area contributed by atoms with E-state index in [0.29, 0.717) is 19.3 Å². The normalized spacial score (nSPS) is 13.3. The lowest BCUT2D eigenvalue weighted by molar-refractivity contribution is 0.0572. The zero-order chi connectivity index (χ0) is 12.2. The second-order valence-corrected chi connectivity index (χ2v) is 4.65. The van der Waals surface area contributed by atoms with Crippen molar-refractivity contribution in [3.63, 3.8) is 0 Å². The fourth-order valence-electron chi connectivity index (χ4n) is 1.67. The van der Waals surface area contributed by atoms with E-state index in [1.54, 1.807) is 7.11 Å². The molecular formula is C13H29NO2. The molecule has 0 heterocycles. The van der Waals surface area contributed by atoms with Gasteiger partial charge in [0.25, 0.3) is 0 Å². The molecule has 1 atom stereocenters. The lowest BCUT2D eigenvalue weighted by atomic mass is 10.0. The summed E-state index contributed by atoms with van der Waals surface area (Å²) < 4.78 is 10.5. The summed E-state index contributed by atoms with van der Waals surface area (Å²) in [4.78, 5) is 0. The quantitative estimate of drug-likeness (QED) is 0.554. The molecule has 1 unspecified atom stereocenters. The van der Waals surface area contributed by atoms with Gasteiger partial charge in [0.1, 0.15) is 0 Å². The van der Waals surface area contributed by atoms with E-state index < -0.39 is 0 Å². The zero-order valence-corrected chi connectivity index (χ0v) is 11.4. The SMILES string of the molecule is CCNC(CCCC(C)C)COCCOC. The maximum absolute atomic E-state index is 5.56. The minimum absolute atomic E-state index is 0.501. The van der Waals surface area contributed by atoms with Gasteiger partial charge in [0.05, 0.1) is 19.8 Å². The number of ether oxygens (including phenoxy) is 2. The molecule has 0 aromatic heterocycles. The molecule has 0 aliphatic rings. The molecule has 1 N–H and O–H groups in total. The topological polar surface area (TPSA) is 30.5 Å². The molecule has 3 nitrogen and oxygen atoms in total. The van der Waals surface area contributed by atoms with Crippen molar-refractivity contribution in [2.75, 3.05) is 33.5 Å². The second kappa shape index (κ2) is 11.4. The largest absolute Gasteiger partial charge is 0.382 e. The highest BCUT2D eigenvalue weighted by Crippen LogP contribution is 2.08. The van der Waals surface area contributed by atoms with E-state index in [1.165, 1.54) is 19.3 Å². The Bertz CT molecular complexity index is 140. The van der Waals surface area contributed by atoms with Gasteiger partial charge in [-0.1, -0.05) is 33.6 Å². The molecule has 0 amide bonds. The van der Waals surface area contributed by atoms with Gasteiger partial charge in [-0.15, -0.1) is 0 Å². The number of nitrogens with one attached hydrogen (secondary N) is 1. The maximum atomic E-state index is 5.56. The van der Waals surface area contributed by atoms with Crippen LogP contribution in [0.15, 0.2) is 0 Å². The molecule has 0 saturated heterocycles. The van der Waals surface area contributed by atoms with Crippen LogP contribution in [0, 0.1) is 5.92 Å². The van der Waals surface area contributed by atoms with E-state index in [0.717, 1.165) is 19.1 Å². The van der Waals surface area contributed by atoms with Gasteiger partial charge in [0.15, 0.2) is 0 Å². The molecule has 0 spiro atoms. The summed E-state index contributed by atoms with van der Waals surface area (Å²) in [6.07, 6.45) is 3.79. The fourth-order valence-corrected chi connectivity index (χ4v) is 1.67. The van der Waals surface area contributed by atoms with E-state index in [1.807, 2.05) is 0 Å². The molecule has 98 valence electrons. The number of rotatable bonds is 11. The Morgan fingerprint density at radius 2 is 1.88 bits per heavy atom. The lowest BCUT2D eigenvalue weighted by Gasteiger charge is -2.18. The van der Waals surface area contributed by atoms with Gasteiger partial charge in [0.2, 0.25) is 0 Å². The molecule has 0 aromatic carbocycles. The third-order valence-electron chi connectivity index (χ3n) is 2.58. The first-order chi connectivity index (χ1) is 7.70. The van der Waals surface area contributed by atoms with Crippen LogP contribution in [0.2, 0.25) is 0 Å². The highest BCUT2D eigenvalue weighted by Gasteiger charge is 2.07. The van der Waals surface area contributed by atoms with E-state index in [2.05, 4.69) is 26.1 Å². The summed E-state index contributed by atoms with van der Waals surface area (Å²) in [5.41, 5.74) is 0. The fraction of sp³-hybridized carbons (Fsp3) is 1.00. The molecule has 0 fully saturated rings. The van der Waals surface area contributed by atoms with Crippen LogP contribution in [-0.4, -0.2) is 39.5 Å². The molecule has 0 radical (unpaired) electrons. The number of hydrogen-bond acceptors (Lipinski definition) is 3. The van der Waals surface area contributed by atoms with Gasteiger partial charge in [-0.05, 0) is 18.9 Å². The first kappa shape index (κ1) is 15.9. The van der Waals surface area contributed by atoms with Crippen LogP contribution in [0.4, 0.5) is 0 Å². The average Bonchev–Trinajstić information content (AvgIpc) is 2.23. The Morgan fingerprint density at radius 1 is 1.12 bits per heavy atom. The van der Waals surface area contributed by atoms with Crippen LogP contribution >= 0.6 is 0 Å². The van der Waals surface area contributed by atoms with Crippen LogP contribution in [0.5, 0.6) is 0 Å². The highest BCUT2D eigenvalue weighted by molar-refractivity contribution is 4.65. The summed E-state index contributed by atoms with van der Waals surface area (Å²) in [6.45, 7) is 9.89. The Labute approximate surface area is 101 Å². The van der Waals surface area contributed by atoms with Crippen LogP contribution in [0.3, 0.4) is 0 Å². The van der Waals surface area contributed by atoms with Crippen molar-refractivity contribution >= 4 is 0 Å². The van der Waals surface area contributed by atoms with Crippen LogP contribution < -0.4 is 5.32 Å². The third-order valence-corrected chi connectivity index (χ3v) is 2.58. The van der Waals surface area contributed by atoms with Crippen molar-refractivity contribution in [3.05, 3.63) is 0 Å². The number of methoxy groups -OCH3 is 1. The van der Waals surface area contributed by atoms with E-state index in [9.17, 15) is 0 Å². The third kappa shape index (κ3) is 10.4. The Kier molecular flexibility index (Phi) is 11.3. The van der Waals surface area contributed by atoms with Gasteiger partial charge < -0.3 is 14.8 Å². The molecule has 0 aromatic rings. The van der Waals surface area contributed by atoms with Crippen molar-refractivity contribution in [1.82, 2.24) is 5.32 Å². The summed E-state index contributed by atoms with van der Waals surface area (Å²) >= 11 is 0. The van der Waals surface area contributed by atoms with Crippen LogP contribution in [0.1, 0.15) is 40.0 Å². The van der Waals surface area contributed by atoms with E-state index >= 15 is 0 Å². The van der Waals surface area contributed by atoms with Crippen LogP contribution in [-0.2, 0) is 9.47 Å².